The average molecular weight is 431 g/mol. The lowest BCUT2D eigenvalue weighted by Crippen LogP contribution is -2.17. The fraction of sp³-hybridized carbons (Fsp3) is 0.125. The highest BCUT2D eigenvalue weighted by Gasteiger charge is 2.26. The van der Waals surface area contributed by atoms with Gasteiger partial charge in [0.05, 0.1) is 0 Å². The lowest BCUT2D eigenvalue weighted by Gasteiger charge is -2.19. The van der Waals surface area contributed by atoms with Crippen molar-refractivity contribution in [1.29, 1.82) is 0 Å². The molecule has 0 saturated carbocycles. The first kappa shape index (κ1) is 19.5. The minimum Gasteiger partial charge on any atom is -0.448 e. The number of halogens is 1. The molecule has 7 heteroatoms. The molecule has 1 atom stereocenters. The van der Waals surface area contributed by atoms with Crippen LogP contribution >= 0.6 is 11.8 Å². The molecule has 1 aliphatic rings. The van der Waals surface area contributed by atoms with Crippen molar-refractivity contribution >= 4 is 17.4 Å². The molecule has 1 N–H and O–H groups in total. The quantitative estimate of drug-likeness (QED) is 0.414. The van der Waals surface area contributed by atoms with Gasteiger partial charge in [0.1, 0.15) is 5.82 Å². The number of fused-ring (bicyclic) bond motifs is 3. The van der Waals surface area contributed by atoms with Crippen LogP contribution in [-0.4, -0.2) is 15.2 Å². The minimum absolute atomic E-state index is 0.323. The van der Waals surface area contributed by atoms with Gasteiger partial charge in [-0.3, -0.25) is 0 Å². The van der Waals surface area contributed by atoms with Gasteiger partial charge in [-0.15, -0.1) is 10.2 Å². The molecule has 0 saturated heterocycles. The van der Waals surface area contributed by atoms with Crippen molar-refractivity contribution in [3.8, 4) is 17.1 Å². The number of aromatic nitrogens is 3. The van der Waals surface area contributed by atoms with Gasteiger partial charge in [0.15, 0.2) is 11.9 Å². The third-order valence-electron chi connectivity index (χ3n) is 4.97. The summed E-state index contributed by atoms with van der Waals surface area (Å²) in [6.07, 6.45) is -0.607. The Morgan fingerprint density at radius 3 is 2.68 bits per heavy atom. The molecule has 0 amide bonds. The lowest BCUT2D eigenvalue weighted by atomic mass is 10.1. The van der Waals surface area contributed by atoms with E-state index in [9.17, 15) is 4.39 Å². The standard InChI is InChI=1S/C24H19FN4OS/c1-15-9-11-16(12-10-15)14-31-24-27-23-21(28-29-24)19-7-2-3-8-20(19)26-22(30-23)17-5-4-6-18(25)13-17/h2-13,22,26H,14H2,1H3/t22-/m0/s1. The number of ether oxygens (including phenoxy) is 1. The molecule has 31 heavy (non-hydrogen) atoms. The second kappa shape index (κ2) is 8.35. The van der Waals surface area contributed by atoms with Gasteiger partial charge in [-0.1, -0.05) is 71.9 Å². The molecule has 0 spiro atoms. The number of hydrogen-bond acceptors (Lipinski definition) is 6. The van der Waals surface area contributed by atoms with Crippen molar-refractivity contribution in [2.45, 2.75) is 24.1 Å². The van der Waals surface area contributed by atoms with Crippen LogP contribution in [0.15, 0.2) is 78.0 Å². The topological polar surface area (TPSA) is 59.9 Å². The van der Waals surface area contributed by atoms with Crippen LogP contribution in [0.1, 0.15) is 22.9 Å². The number of benzene rings is 3. The Kier molecular flexibility index (Phi) is 5.26. The van der Waals surface area contributed by atoms with E-state index in [2.05, 4.69) is 51.7 Å². The van der Waals surface area contributed by atoms with Crippen molar-refractivity contribution < 1.29 is 9.13 Å². The number of para-hydroxylation sites is 1. The second-order valence-corrected chi connectivity index (χ2v) is 8.21. The summed E-state index contributed by atoms with van der Waals surface area (Å²) in [6.45, 7) is 2.06. The molecule has 0 fully saturated rings. The van der Waals surface area contributed by atoms with E-state index < -0.39 is 6.23 Å². The SMILES string of the molecule is Cc1ccc(CSc2nnc3c(n2)O[C@@H](c2cccc(F)c2)Nc2ccccc2-3)cc1. The van der Waals surface area contributed by atoms with Crippen LogP contribution in [-0.2, 0) is 5.75 Å². The van der Waals surface area contributed by atoms with Gasteiger partial charge in [-0.25, -0.2) is 4.39 Å². The van der Waals surface area contributed by atoms with E-state index in [1.807, 2.05) is 30.3 Å². The van der Waals surface area contributed by atoms with E-state index in [1.54, 1.807) is 6.07 Å². The second-order valence-electron chi connectivity index (χ2n) is 7.27. The summed E-state index contributed by atoms with van der Waals surface area (Å²) in [7, 11) is 0. The van der Waals surface area contributed by atoms with Crippen molar-refractivity contribution in [1.82, 2.24) is 15.2 Å². The molecule has 5 nitrogen and oxygen atoms in total. The molecule has 0 bridgehead atoms. The van der Waals surface area contributed by atoms with Crippen LogP contribution in [0.5, 0.6) is 5.88 Å². The molecule has 0 unspecified atom stereocenters. The van der Waals surface area contributed by atoms with Crippen LogP contribution in [0.2, 0.25) is 0 Å². The average Bonchev–Trinajstić information content (AvgIpc) is 2.95. The molecule has 154 valence electrons. The van der Waals surface area contributed by atoms with Gasteiger partial charge in [0.25, 0.3) is 0 Å². The van der Waals surface area contributed by atoms with Crippen molar-refractivity contribution in [3.05, 3.63) is 95.3 Å². The van der Waals surface area contributed by atoms with Crippen molar-refractivity contribution in [3.63, 3.8) is 0 Å². The van der Waals surface area contributed by atoms with E-state index in [1.165, 1.54) is 35.0 Å². The minimum atomic E-state index is -0.607. The Bertz CT molecular complexity index is 1230. The third kappa shape index (κ3) is 4.22. The molecule has 2 heterocycles. The van der Waals surface area contributed by atoms with Crippen molar-refractivity contribution in [2.24, 2.45) is 0 Å². The molecular formula is C24H19FN4OS. The maximum atomic E-state index is 13.8. The van der Waals surface area contributed by atoms with Gasteiger partial charge in [-0.05, 0) is 30.7 Å². The summed E-state index contributed by atoms with van der Waals surface area (Å²) in [6, 6.07) is 22.4. The van der Waals surface area contributed by atoms with E-state index >= 15 is 0 Å². The first-order chi connectivity index (χ1) is 15.2. The summed E-state index contributed by atoms with van der Waals surface area (Å²) in [5, 5.41) is 12.6. The van der Waals surface area contributed by atoms with E-state index in [-0.39, 0.29) is 5.82 Å². The Morgan fingerprint density at radius 1 is 1.00 bits per heavy atom. The Balaban J connectivity index is 1.48. The van der Waals surface area contributed by atoms with Crippen LogP contribution < -0.4 is 10.1 Å². The fourth-order valence-corrected chi connectivity index (χ4v) is 4.10. The zero-order chi connectivity index (χ0) is 21.2. The highest BCUT2D eigenvalue weighted by Crippen LogP contribution is 2.39. The Hall–Kier alpha value is -3.45. The van der Waals surface area contributed by atoms with Crippen LogP contribution in [0, 0.1) is 12.7 Å². The maximum Gasteiger partial charge on any atom is 0.247 e. The lowest BCUT2D eigenvalue weighted by molar-refractivity contribution is 0.225. The summed E-state index contributed by atoms with van der Waals surface area (Å²) in [5.41, 5.74) is 5.29. The van der Waals surface area contributed by atoms with Gasteiger partial charge >= 0.3 is 0 Å². The number of aryl methyl sites for hydroxylation is 1. The molecule has 0 radical (unpaired) electrons. The number of thioether (sulfide) groups is 1. The van der Waals surface area contributed by atoms with E-state index in [0.717, 1.165) is 17.0 Å². The molecule has 1 aromatic heterocycles. The maximum absolute atomic E-state index is 13.8. The van der Waals surface area contributed by atoms with Gasteiger partial charge in [0, 0.05) is 22.6 Å². The molecule has 4 aromatic rings. The van der Waals surface area contributed by atoms with Crippen LogP contribution in [0.4, 0.5) is 10.1 Å². The predicted octanol–water partition coefficient (Wildman–Crippen LogP) is 5.78. The molecule has 1 aliphatic heterocycles. The number of hydrogen-bond donors (Lipinski definition) is 1. The highest BCUT2D eigenvalue weighted by atomic mass is 32.2. The van der Waals surface area contributed by atoms with Crippen molar-refractivity contribution in [2.75, 3.05) is 5.32 Å². The first-order valence-electron chi connectivity index (χ1n) is 9.87. The molecule has 0 aliphatic carbocycles. The monoisotopic (exact) mass is 430 g/mol. The Morgan fingerprint density at radius 2 is 1.84 bits per heavy atom. The number of nitrogens with one attached hydrogen (secondary N) is 1. The number of rotatable bonds is 4. The van der Waals surface area contributed by atoms with Gasteiger partial charge in [-0.2, -0.15) is 4.98 Å². The number of nitrogens with zero attached hydrogens (tertiary/aromatic N) is 3. The summed E-state index contributed by atoms with van der Waals surface area (Å²) < 4.78 is 20.0. The summed E-state index contributed by atoms with van der Waals surface area (Å²) in [5.74, 6) is 0.770. The smallest absolute Gasteiger partial charge is 0.247 e. The third-order valence-corrected chi connectivity index (χ3v) is 5.88. The molecule has 3 aromatic carbocycles. The summed E-state index contributed by atoms with van der Waals surface area (Å²) in [4.78, 5) is 4.64. The number of anilines is 1. The van der Waals surface area contributed by atoms with Crippen LogP contribution in [0.25, 0.3) is 11.3 Å². The van der Waals surface area contributed by atoms with E-state index in [4.69, 9.17) is 4.74 Å². The summed E-state index contributed by atoms with van der Waals surface area (Å²) >= 11 is 1.49. The zero-order valence-electron chi connectivity index (χ0n) is 16.7. The largest absolute Gasteiger partial charge is 0.448 e. The zero-order valence-corrected chi connectivity index (χ0v) is 17.6. The Labute approximate surface area is 183 Å². The van der Waals surface area contributed by atoms with Gasteiger partial charge < -0.3 is 10.1 Å². The highest BCUT2D eigenvalue weighted by molar-refractivity contribution is 7.98. The van der Waals surface area contributed by atoms with Gasteiger partial charge in [0.2, 0.25) is 11.0 Å². The van der Waals surface area contributed by atoms with Crippen LogP contribution in [0.3, 0.4) is 0 Å². The fourth-order valence-electron chi connectivity index (χ4n) is 3.36. The predicted molar refractivity (Wildman–Crippen MR) is 119 cm³/mol. The first-order valence-corrected chi connectivity index (χ1v) is 10.9. The molecular weight excluding hydrogens is 411 g/mol. The normalized spacial score (nSPS) is 14.6. The van der Waals surface area contributed by atoms with E-state index in [0.29, 0.717) is 22.3 Å². The molecule has 5 rings (SSSR count).